The third kappa shape index (κ3) is 2.93. The van der Waals surface area contributed by atoms with Gasteiger partial charge in [-0.1, -0.05) is 0 Å². The Morgan fingerprint density at radius 2 is 2.06 bits per heavy atom. The summed E-state index contributed by atoms with van der Waals surface area (Å²) in [7, 11) is 1.39. The molecule has 0 aromatic carbocycles. The van der Waals surface area contributed by atoms with E-state index in [-0.39, 0.29) is 17.8 Å². The summed E-state index contributed by atoms with van der Waals surface area (Å²) in [5, 5.41) is 7.10. The van der Waals surface area contributed by atoms with E-state index in [1.54, 1.807) is 0 Å². The van der Waals surface area contributed by atoms with Gasteiger partial charge in [0.15, 0.2) is 5.82 Å². The Bertz CT molecular complexity index is 455. The van der Waals surface area contributed by atoms with Crippen LogP contribution in [-0.2, 0) is 20.4 Å². The average molecular weight is 268 g/mol. The summed E-state index contributed by atoms with van der Waals surface area (Å²) in [5.74, 6) is 0.455. The molecule has 0 fully saturated rings. The fourth-order valence-electron chi connectivity index (χ4n) is 1.28. The Hall–Kier alpha value is -0.660. The van der Waals surface area contributed by atoms with Gasteiger partial charge < -0.3 is 4.74 Å². The minimum Gasteiger partial charge on any atom is -0.374 e. The fourth-order valence-corrected chi connectivity index (χ4v) is 2.29. The molecular formula is C8H14ClN3O3S. The van der Waals surface area contributed by atoms with Gasteiger partial charge in [-0.2, -0.15) is 0 Å². The predicted molar refractivity (Wildman–Crippen MR) is 58.8 cm³/mol. The van der Waals surface area contributed by atoms with E-state index in [1.165, 1.54) is 4.57 Å². The molecule has 8 heteroatoms. The van der Waals surface area contributed by atoms with Gasteiger partial charge in [-0.3, -0.25) is 4.57 Å². The molecule has 0 atom stereocenters. The van der Waals surface area contributed by atoms with Crippen LogP contribution >= 0.6 is 10.7 Å². The normalized spacial score (nSPS) is 12.3. The van der Waals surface area contributed by atoms with Crippen LogP contribution in [0, 0.1) is 0 Å². The van der Waals surface area contributed by atoms with E-state index in [9.17, 15) is 8.42 Å². The van der Waals surface area contributed by atoms with Crippen molar-refractivity contribution in [3.63, 3.8) is 0 Å². The van der Waals surface area contributed by atoms with E-state index in [4.69, 9.17) is 15.4 Å². The molecule has 0 aliphatic heterocycles. The minimum absolute atomic E-state index is 0.103. The van der Waals surface area contributed by atoms with Gasteiger partial charge in [0.1, 0.15) is 6.61 Å². The number of ether oxygens (including phenoxy) is 1. The topological polar surface area (TPSA) is 74.1 Å². The number of rotatable bonds is 5. The van der Waals surface area contributed by atoms with Gasteiger partial charge in [-0.25, -0.2) is 8.42 Å². The van der Waals surface area contributed by atoms with Crippen molar-refractivity contribution in [1.82, 2.24) is 14.8 Å². The van der Waals surface area contributed by atoms with Gasteiger partial charge in [0, 0.05) is 23.3 Å². The van der Waals surface area contributed by atoms with Crippen LogP contribution in [0.3, 0.4) is 0 Å². The van der Waals surface area contributed by atoms with Gasteiger partial charge in [0.2, 0.25) is 0 Å². The first kappa shape index (κ1) is 13.4. The molecule has 16 heavy (non-hydrogen) atoms. The molecule has 1 aromatic rings. The molecule has 0 bridgehead atoms. The maximum absolute atomic E-state index is 11.2. The number of nitrogens with zero attached hydrogens (tertiary/aromatic N) is 3. The van der Waals surface area contributed by atoms with E-state index in [0.29, 0.717) is 12.4 Å². The van der Waals surface area contributed by atoms with Crippen LogP contribution in [-0.4, -0.2) is 29.8 Å². The second-order valence-corrected chi connectivity index (χ2v) is 5.90. The first-order valence-electron chi connectivity index (χ1n) is 4.84. The minimum atomic E-state index is -3.88. The summed E-state index contributed by atoms with van der Waals surface area (Å²) in [5.41, 5.74) is 0. The third-order valence-corrected chi connectivity index (χ3v) is 3.03. The van der Waals surface area contributed by atoms with Crippen molar-refractivity contribution in [3.05, 3.63) is 5.82 Å². The molecular weight excluding hydrogens is 254 g/mol. The highest BCUT2D eigenvalue weighted by molar-refractivity contribution is 8.13. The fraction of sp³-hybridized carbons (Fsp3) is 0.750. The van der Waals surface area contributed by atoms with Crippen molar-refractivity contribution in [2.75, 3.05) is 6.61 Å². The first-order valence-corrected chi connectivity index (χ1v) is 7.15. The molecule has 92 valence electrons. The zero-order valence-electron chi connectivity index (χ0n) is 9.34. The standard InChI is InChI=1S/C8H14ClN3O3S/c1-4-15-5-7-10-11-8(16(9,13)14)12(7)6(2)3/h6H,4-5H2,1-3H3. The van der Waals surface area contributed by atoms with E-state index in [2.05, 4.69) is 10.2 Å². The molecule has 0 aliphatic carbocycles. The molecule has 1 rings (SSSR count). The Kier molecular flexibility index (Phi) is 4.28. The summed E-state index contributed by atoms with van der Waals surface area (Å²) >= 11 is 0. The van der Waals surface area contributed by atoms with Crippen molar-refractivity contribution in [1.29, 1.82) is 0 Å². The summed E-state index contributed by atoms with van der Waals surface area (Å²) < 4.78 is 29.1. The zero-order valence-corrected chi connectivity index (χ0v) is 10.9. The maximum atomic E-state index is 11.2. The van der Waals surface area contributed by atoms with E-state index < -0.39 is 9.05 Å². The second kappa shape index (κ2) is 5.11. The number of aromatic nitrogens is 3. The molecule has 1 aromatic heterocycles. The Labute approximate surface area is 99.0 Å². The zero-order chi connectivity index (χ0) is 12.3. The molecule has 1 heterocycles. The van der Waals surface area contributed by atoms with Crippen molar-refractivity contribution in [3.8, 4) is 0 Å². The van der Waals surface area contributed by atoms with Crippen molar-refractivity contribution in [2.24, 2.45) is 0 Å². The lowest BCUT2D eigenvalue weighted by Crippen LogP contribution is -2.12. The van der Waals surface area contributed by atoms with Crippen molar-refractivity contribution >= 4 is 19.7 Å². The highest BCUT2D eigenvalue weighted by Crippen LogP contribution is 2.19. The molecule has 0 radical (unpaired) electrons. The average Bonchev–Trinajstić information content (AvgIpc) is 2.57. The van der Waals surface area contributed by atoms with Crippen LogP contribution < -0.4 is 0 Å². The molecule has 0 saturated heterocycles. The Morgan fingerprint density at radius 1 is 1.44 bits per heavy atom. The van der Waals surface area contributed by atoms with E-state index in [0.717, 1.165) is 0 Å². The molecule has 0 amide bonds. The third-order valence-electron chi connectivity index (χ3n) is 1.90. The SMILES string of the molecule is CCOCc1nnc(S(=O)(=O)Cl)n1C(C)C. The summed E-state index contributed by atoms with van der Waals surface area (Å²) in [6.45, 7) is 6.23. The lowest BCUT2D eigenvalue weighted by Gasteiger charge is -2.12. The van der Waals surface area contributed by atoms with Crippen LogP contribution in [0.1, 0.15) is 32.6 Å². The number of halogens is 1. The quantitative estimate of drug-likeness (QED) is 0.753. The van der Waals surface area contributed by atoms with Crippen LogP contribution in [0.25, 0.3) is 0 Å². The predicted octanol–water partition coefficient (Wildman–Crippen LogP) is 1.32. The molecule has 0 aliphatic rings. The summed E-state index contributed by atoms with van der Waals surface area (Å²) in [6, 6.07) is -0.103. The molecule has 0 unspecified atom stereocenters. The van der Waals surface area contributed by atoms with E-state index >= 15 is 0 Å². The number of hydrogen-bond donors (Lipinski definition) is 0. The van der Waals surface area contributed by atoms with Crippen LogP contribution in [0.2, 0.25) is 0 Å². The van der Waals surface area contributed by atoms with Crippen LogP contribution in [0.5, 0.6) is 0 Å². The highest BCUT2D eigenvalue weighted by atomic mass is 35.7. The van der Waals surface area contributed by atoms with Crippen LogP contribution in [0.4, 0.5) is 0 Å². The maximum Gasteiger partial charge on any atom is 0.296 e. The monoisotopic (exact) mass is 267 g/mol. The van der Waals surface area contributed by atoms with Gasteiger partial charge in [0.25, 0.3) is 14.2 Å². The smallest absolute Gasteiger partial charge is 0.296 e. The molecule has 0 N–H and O–H groups in total. The number of hydrogen-bond acceptors (Lipinski definition) is 5. The van der Waals surface area contributed by atoms with Gasteiger partial charge in [-0.15, -0.1) is 10.2 Å². The van der Waals surface area contributed by atoms with Gasteiger partial charge in [-0.05, 0) is 20.8 Å². The van der Waals surface area contributed by atoms with Gasteiger partial charge >= 0.3 is 0 Å². The van der Waals surface area contributed by atoms with Gasteiger partial charge in [0.05, 0.1) is 0 Å². The second-order valence-electron chi connectivity index (χ2n) is 3.44. The van der Waals surface area contributed by atoms with Crippen molar-refractivity contribution < 1.29 is 13.2 Å². The summed E-state index contributed by atoms with van der Waals surface area (Å²) in [4.78, 5) is 0. The van der Waals surface area contributed by atoms with E-state index in [1.807, 2.05) is 20.8 Å². The highest BCUT2D eigenvalue weighted by Gasteiger charge is 2.23. The summed E-state index contributed by atoms with van der Waals surface area (Å²) in [6.07, 6.45) is 0. The largest absolute Gasteiger partial charge is 0.374 e. The first-order chi connectivity index (χ1) is 7.38. The lowest BCUT2D eigenvalue weighted by molar-refractivity contribution is 0.124. The molecule has 0 saturated carbocycles. The van der Waals surface area contributed by atoms with Crippen molar-refractivity contribution in [2.45, 2.75) is 38.6 Å². The Morgan fingerprint density at radius 3 is 2.50 bits per heavy atom. The Balaban J connectivity index is 3.18. The molecule has 6 nitrogen and oxygen atoms in total. The molecule has 0 spiro atoms. The lowest BCUT2D eigenvalue weighted by atomic mass is 10.4. The van der Waals surface area contributed by atoms with Crippen LogP contribution in [0.15, 0.2) is 5.16 Å².